The van der Waals surface area contributed by atoms with E-state index in [1.165, 1.54) is 35.6 Å². The predicted octanol–water partition coefficient (Wildman–Crippen LogP) is 3.11. The normalized spacial score (nSPS) is 22.0. The van der Waals surface area contributed by atoms with Gasteiger partial charge in [0.1, 0.15) is 0 Å². The van der Waals surface area contributed by atoms with E-state index in [1.807, 2.05) is 12.4 Å². The second-order valence-corrected chi connectivity index (χ2v) is 5.78. The number of pyridine rings is 1. The minimum Gasteiger partial charge on any atom is -0.329 e. The Morgan fingerprint density at radius 1 is 1.30 bits per heavy atom. The van der Waals surface area contributed by atoms with Gasteiger partial charge in [-0.05, 0) is 37.3 Å². The van der Waals surface area contributed by atoms with Gasteiger partial charge in [-0.2, -0.15) is 0 Å². The van der Waals surface area contributed by atoms with E-state index >= 15 is 0 Å². The Balaban J connectivity index is 2.02. The highest BCUT2D eigenvalue weighted by molar-refractivity contribution is 5.85. The van der Waals surface area contributed by atoms with Crippen LogP contribution < -0.4 is 5.73 Å². The highest BCUT2D eigenvalue weighted by atomic mass is 15.2. The number of piperidine rings is 1. The maximum atomic E-state index is 6.12. The Morgan fingerprint density at radius 3 is 2.95 bits per heavy atom. The van der Waals surface area contributed by atoms with E-state index in [1.54, 1.807) is 0 Å². The molecule has 0 amide bonds. The van der Waals surface area contributed by atoms with Gasteiger partial charge in [-0.3, -0.25) is 9.88 Å². The van der Waals surface area contributed by atoms with Gasteiger partial charge in [-0.15, -0.1) is 0 Å². The SMILES string of the molecule is CC1CCCCN1C(CN)c1cncc2ccccc12. The molecular formula is C17H23N3. The van der Waals surface area contributed by atoms with Crippen molar-refractivity contribution in [3.63, 3.8) is 0 Å². The second kappa shape index (κ2) is 5.90. The molecule has 2 unspecified atom stereocenters. The van der Waals surface area contributed by atoms with Gasteiger partial charge in [0.25, 0.3) is 0 Å². The standard InChI is InChI=1S/C17H23N3/c1-13-6-4-5-9-20(13)17(10-18)16-12-19-11-14-7-2-3-8-15(14)16/h2-3,7-8,11-13,17H,4-6,9-10,18H2,1H3. The molecular weight excluding hydrogens is 246 g/mol. The van der Waals surface area contributed by atoms with Crippen molar-refractivity contribution in [2.45, 2.75) is 38.3 Å². The number of hydrogen-bond acceptors (Lipinski definition) is 3. The first-order valence-electron chi connectivity index (χ1n) is 7.59. The van der Waals surface area contributed by atoms with Gasteiger partial charge in [-0.25, -0.2) is 0 Å². The van der Waals surface area contributed by atoms with E-state index in [0.29, 0.717) is 12.6 Å². The van der Waals surface area contributed by atoms with E-state index in [-0.39, 0.29) is 6.04 Å². The minimum absolute atomic E-state index is 0.281. The fourth-order valence-electron chi connectivity index (χ4n) is 3.43. The van der Waals surface area contributed by atoms with Crippen molar-refractivity contribution in [3.05, 3.63) is 42.2 Å². The topological polar surface area (TPSA) is 42.1 Å². The Kier molecular flexibility index (Phi) is 3.99. The van der Waals surface area contributed by atoms with E-state index in [4.69, 9.17) is 5.73 Å². The molecule has 1 fully saturated rings. The number of benzene rings is 1. The summed E-state index contributed by atoms with van der Waals surface area (Å²) in [6, 6.07) is 9.36. The van der Waals surface area contributed by atoms with Crippen LogP contribution in [0.25, 0.3) is 10.8 Å². The Morgan fingerprint density at radius 2 is 2.15 bits per heavy atom. The molecule has 1 aliphatic heterocycles. The van der Waals surface area contributed by atoms with Gasteiger partial charge >= 0.3 is 0 Å². The van der Waals surface area contributed by atoms with Gasteiger partial charge in [0.05, 0.1) is 0 Å². The summed E-state index contributed by atoms with van der Waals surface area (Å²) in [5.74, 6) is 0. The first-order valence-corrected chi connectivity index (χ1v) is 7.59. The van der Waals surface area contributed by atoms with Crippen molar-refractivity contribution < 1.29 is 0 Å². The molecule has 3 rings (SSSR count). The third kappa shape index (κ3) is 2.43. The maximum Gasteiger partial charge on any atom is 0.0494 e. The van der Waals surface area contributed by atoms with Crippen LogP contribution in [0.15, 0.2) is 36.7 Å². The average Bonchev–Trinajstić information content (AvgIpc) is 2.50. The number of nitrogens with zero attached hydrogens (tertiary/aromatic N) is 2. The minimum atomic E-state index is 0.281. The lowest BCUT2D eigenvalue weighted by molar-refractivity contribution is 0.109. The molecule has 0 radical (unpaired) electrons. The highest BCUT2D eigenvalue weighted by Crippen LogP contribution is 2.31. The Bertz CT molecular complexity index is 576. The summed E-state index contributed by atoms with van der Waals surface area (Å²) in [7, 11) is 0. The molecule has 1 aromatic heterocycles. The molecule has 3 nitrogen and oxygen atoms in total. The summed E-state index contributed by atoms with van der Waals surface area (Å²) in [5.41, 5.74) is 7.40. The first-order chi connectivity index (χ1) is 9.81. The summed E-state index contributed by atoms with van der Waals surface area (Å²) < 4.78 is 0. The highest BCUT2D eigenvalue weighted by Gasteiger charge is 2.27. The average molecular weight is 269 g/mol. The molecule has 3 heteroatoms. The van der Waals surface area contributed by atoms with Crippen LogP contribution in [-0.4, -0.2) is 29.0 Å². The lowest BCUT2D eigenvalue weighted by Crippen LogP contribution is -2.43. The van der Waals surface area contributed by atoms with E-state index in [2.05, 4.69) is 41.1 Å². The van der Waals surface area contributed by atoms with Crippen LogP contribution in [0.5, 0.6) is 0 Å². The number of hydrogen-bond donors (Lipinski definition) is 1. The van der Waals surface area contributed by atoms with Crippen LogP contribution in [0.2, 0.25) is 0 Å². The van der Waals surface area contributed by atoms with Crippen molar-refractivity contribution in [1.29, 1.82) is 0 Å². The second-order valence-electron chi connectivity index (χ2n) is 5.78. The molecule has 2 heterocycles. The number of fused-ring (bicyclic) bond motifs is 1. The zero-order valence-electron chi connectivity index (χ0n) is 12.1. The number of nitrogens with two attached hydrogens (primary N) is 1. The summed E-state index contributed by atoms with van der Waals surface area (Å²) >= 11 is 0. The molecule has 1 aromatic carbocycles. The quantitative estimate of drug-likeness (QED) is 0.931. The van der Waals surface area contributed by atoms with Crippen LogP contribution in [-0.2, 0) is 0 Å². The molecule has 0 bridgehead atoms. The smallest absolute Gasteiger partial charge is 0.0494 e. The van der Waals surface area contributed by atoms with Gasteiger partial charge in [-0.1, -0.05) is 30.7 Å². The van der Waals surface area contributed by atoms with E-state index < -0.39 is 0 Å². The summed E-state index contributed by atoms with van der Waals surface area (Å²) in [4.78, 5) is 6.98. The van der Waals surface area contributed by atoms with Crippen LogP contribution in [0.1, 0.15) is 37.8 Å². The van der Waals surface area contributed by atoms with Crippen LogP contribution in [0, 0.1) is 0 Å². The van der Waals surface area contributed by atoms with Crippen LogP contribution in [0.4, 0.5) is 0 Å². The number of rotatable bonds is 3. The Hall–Kier alpha value is -1.45. The van der Waals surface area contributed by atoms with Crippen molar-refractivity contribution in [1.82, 2.24) is 9.88 Å². The fraction of sp³-hybridized carbons (Fsp3) is 0.471. The molecule has 2 aromatic rings. The van der Waals surface area contributed by atoms with E-state index in [0.717, 1.165) is 6.54 Å². The lowest BCUT2D eigenvalue weighted by atomic mass is 9.95. The van der Waals surface area contributed by atoms with Crippen LogP contribution in [0.3, 0.4) is 0 Å². The number of likely N-dealkylation sites (tertiary alicyclic amines) is 1. The van der Waals surface area contributed by atoms with Crippen molar-refractivity contribution in [2.24, 2.45) is 5.73 Å². The van der Waals surface area contributed by atoms with Crippen molar-refractivity contribution >= 4 is 10.8 Å². The molecule has 20 heavy (non-hydrogen) atoms. The third-order valence-corrected chi connectivity index (χ3v) is 4.54. The Labute approximate surface area is 120 Å². The molecule has 2 atom stereocenters. The monoisotopic (exact) mass is 269 g/mol. The predicted molar refractivity (Wildman–Crippen MR) is 83.6 cm³/mol. The maximum absolute atomic E-state index is 6.12. The fourth-order valence-corrected chi connectivity index (χ4v) is 3.43. The summed E-state index contributed by atoms with van der Waals surface area (Å²) in [5, 5.41) is 2.49. The van der Waals surface area contributed by atoms with Gasteiger partial charge < -0.3 is 5.73 Å². The molecule has 0 spiro atoms. The van der Waals surface area contributed by atoms with Gasteiger partial charge in [0.2, 0.25) is 0 Å². The zero-order chi connectivity index (χ0) is 13.9. The van der Waals surface area contributed by atoms with Gasteiger partial charge in [0, 0.05) is 36.4 Å². The largest absolute Gasteiger partial charge is 0.329 e. The molecule has 1 saturated heterocycles. The van der Waals surface area contributed by atoms with Gasteiger partial charge in [0.15, 0.2) is 0 Å². The molecule has 2 N–H and O–H groups in total. The summed E-state index contributed by atoms with van der Waals surface area (Å²) in [6.45, 7) is 4.12. The van der Waals surface area contributed by atoms with Crippen LogP contribution >= 0.6 is 0 Å². The third-order valence-electron chi connectivity index (χ3n) is 4.54. The summed E-state index contributed by atoms with van der Waals surface area (Å²) in [6.07, 6.45) is 7.82. The van der Waals surface area contributed by atoms with Crippen molar-refractivity contribution in [3.8, 4) is 0 Å². The molecule has 106 valence electrons. The van der Waals surface area contributed by atoms with Crippen molar-refractivity contribution in [2.75, 3.05) is 13.1 Å². The molecule has 1 aliphatic rings. The van der Waals surface area contributed by atoms with E-state index in [9.17, 15) is 0 Å². The lowest BCUT2D eigenvalue weighted by Gasteiger charge is -2.39. The zero-order valence-corrected chi connectivity index (χ0v) is 12.1. The molecule has 0 saturated carbocycles. The first kappa shape index (κ1) is 13.5. The number of aromatic nitrogens is 1. The molecule has 0 aliphatic carbocycles.